The molecule has 1 saturated heterocycles. The highest BCUT2D eigenvalue weighted by atomic mass is 16.5. The molecule has 1 aliphatic heterocycles. The van der Waals surface area contributed by atoms with Gasteiger partial charge >= 0.3 is 11.9 Å². The normalized spacial score (nSPS) is 16.0. The predicted octanol–water partition coefficient (Wildman–Crippen LogP) is 1.88. The Morgan fingerprint density at radius 3 is 1.96 bits per heavy atom. The molecule has 1 fully saturated rings. The van der Waals surface area contributed by atoms with Crippen LogP contribution in [0.25, 0.3) is 0 Å². The molecule has 0 aromatic heterocycles. The van der Waals surface area contributed by atoms with Crippen LogP contribution in [0.3, 0.4) is 0 Å². The van der Waals surface area contributed by atoms with E-state index in [1.807, 2.05) is 6.92 Å². The van der Waals surface area contributed by atoms with E-state index in [0.717, 1.165) is 45.7 Å². The van der Waals surface area contributed by atoms with Crippen LogP contribution >= 0.6 is 0 Å². The Labute approximate surface area is 140 Å². The fourth-order valence-electron chi connectivity index (χ4n) is 2.34. The lowest BCUT2D eigenvalue weighted by atomic mass is 10.1. The van der Waals surface area contributed by atoms with E-state index < -0.39 is 0 Å². The monoisotopic (exact) mass is 328 g/mol. The van der Waals surface area contributed by atoms with Crippen molar-refractivity contribution in [3.8, 4) is 0 Å². The molecule has 0 unspecified atom stereocenters. The van der Waals surface area contributed by atoms with Crippen molar-refractivity contribution in [2.45, 2.75) is 46.5 Å². The van der Waals surface area contributed by atoms with Gasteiger partial charge in [-0.3, -0.25) is 19.4 Å². The summed E-state index contributed by atoms with van der Waals surface area (Å²) in [6, 6.07) is 0. The van der Waals surface area contributed by atoms with Crippen LogP contribution in [0, 0.1) is 5.92 Å². The third-order valence-electron chi connectivity index (χ3n) is 3.82. The summed E-state index contributed by atoms with van der Waals surface area (Å²) in [5.41, 5.74) is 0. The van der Waals surface area contributed by atoms with Crippen LogP contribution in [-0.2, 0) is 19.1 Å². The SMILES string of the molecule is CCCOC(=O)CCN1CCN(CCC(=O)OCCC(C)C)C1. The molecule has 0 spiro atoms. The summed E-state index contributed by atoms with van der Waals surface area (Å²) < 4.78 is 10.3. The summed E-state index contributed by atoms with van der Waals surface area (Å²) in [6.07, 6.45) is 2.64. The van der Waals surface area contributed by atoms with Crippen molar-refractivity contribution >= 4 is 11.9 Å². The molecular weight excluding hydrogens is 296 g/mol. The maximum atomic E-state index is 11.7. The summed E-state index contributed by atoms with van der Waals surface area (Å²) in [6.45, 7) is 11.4. The Balaban J connectivity index is 2.08. The second-order valence-corrected chi connectivity index (χ2v) is 6.50. The highest BCUT2D eigenvalue weighted by Gasteiger charge is 2.21. The van der Waals surface area contributed by atoms with Gasteiger partial charge in [0.05, 0.1) is 32.7 Å². The first-order chi connectivity index (χ1) is 11.0. The molecule has 0 bridgehead atoms. The Morgan fingerprint density at radius 2 is 1.48 bits per heavy atom. The van der Waals surface area contributed by atoms with E-state index in [1.165, 1.54) is 0 Å². The number of rotatable bonds is 11. The molecule has 0 amide bonds. The molecule has 23 heavy (non-hydrogen) atoms. The van der Waals surface area contributed by atoms with Crippen LogP contribution < -0.4 is 0 Å². The third-order valence-corrected chi connectivity index (χ3v) is 3.82. The van der Waals surface area contributed by atoms with Gasteiger partial charge in [0.2, 0.25) is 0 Å². The number of hydrogen-bond donors (Lipinski definition) is 0. The van der Waals surface area contributed by atoms with Crippen molar-refractivity contribution < 1.29 is 19.1 Å². The summed E-state index contributed by atoms with van der Waals surface area (Å²) in [5, 5.41) is 0. The van der Waals surface area contributed by atoms with Crippen LogP contribution in [0.1, 0.15) is 46.5 Å². The minimum Gasteiger partial charge on any atom is -0.466 e. The molecule has 1 aliphatic rings. The molecule has 0 N–H and O–H groups in total. The van der Waals surface area contributed by atoms with Crippen LogP contribution in [0.2, 0.25) is 0 Å². The van der Waals surface area contributed by atoms with Crippen LogP contribution in [-0.4, -0.2) is 67.8 Å². The highest BCUT2D eigenvalue weighted by Crippen LogP contribution is 2.07. The van der Waals surface area contributed by atoms with E-state index in [9.17, 15) is 9.59 Å². The zero-order valence-electron chi connectivity index (χ0n) is 14.9. The zero-order chi connectivity index (χ0) is 17.1. The van der Waals surface area contributed by atoms with Crippen molar-refractivity contribution in [3.63, 3.8) is 0 Å². The summed E-state index contributed by atoms with van der Waals surface area (Å²) in [5.74, 6) is 0.310. The van der Waals surface area contributed by atoms with E-state index in [1.54, 1.807) is 0 Å². The first-order valence-electron chi connectivity index (χ1n) is 8.77. The Morgan fingerprint density at radius 1 is 0.957 bits per heavy atom. The smallest absolute Gasteiger partial charge is 0.307 e. The van der Waals surface area contributed by atoms with Gasteiger partial charge < -0.3 is 9.47 Å². The molecule has 1 heterocycles. The molecule has 0 radical (unpaired) electrons. The molecule has 0 aliphatic carbocycles. The van der Waals surface area contributed by atoms with Gasteiger partial charge in [0.15, 0.2) is 0 Å². The van der Waals surface area contributed by atoms with Gasteiger partial charge in [0.1, 0.15) is 0 Å². The largest absolute Gasteiger partial charge is 0.466 e. The maximum Gasteiger partial charge on any atom is 0.307 e. The van der Waals surface area contributed by atoms with E-state index in [2.05, 4.69) is 23.6 Å². The quantitative estimate of drug-likeness (QED) is 0.540. The minimum absolute atomic E-state index is 0.118. The number of carbonyl (C=O) groups excluding carboxylic acids is 2. The lowest BCUT2D eigenvalue weighted by Gasteiger charge is -2.17. The minimum atomic E-state index is -0.126. The Bertz CT molecular complexity index is 361. The molecule has 1 rings (SSSR count). The fraction of sp³-hybridized carbons (Fsp3) is 0.882. The van der Waals surface area contributed by atoms with Gasteiger partial charge in [-0.05, 0) is 18.8 Å². The average Bonchev–Trinajstić information content (AvgIpc) is 2.96. The molecule has 134 valence electrons. The van der Waals surface area contributed by atoms with Crippen molar-refractivity contribution in [1.29, 1.82) is 0 Å². The third kappa shape index (κ3) is 9.56. The topological polar surface area (TPSA) is 59.1 Å². The van der Waals surface area contributed by atoms with Crippen molar-refractivity contribution in [3.05, 3.63) is 0 Å². The second kappa shape index (κ2) is 11.4. The highest BCUT2D eigenvalue weighted by molar-refractivity contribution is 5.69. The van der Waals surface area contributed by atoms with E-state index >= 15 is 0 Å². The van der Waals surface area contributed by atoms with Gasteiger partial charge in [0, 0.05) is 26.2 Å². The Hall–Kier alpha value is -1.14. The summed E-state index contributed by atoms with van der Waals surface area (Å²) in [4.78, 5) is 27.6. The molecular formula is C17H32N2O4. The van der Waals surface area contributed by atoms with Crippen LogP contribution in [0.15, 0.2) is 0 Å². The average molecular weight is 328 g/mol. The number of ether oxygens (including phenoxy) is 2. The summed E-state index contributed by atoms with van der Waals surface area (Å²) >= 11 is 0. The first kappa shape index (κ1) is 19.9. The number of esters is 2. The molecule has 0 aromatic rings. The Kier molecular flexibility index (Phi) is 9.87. The number of carbonyl (C=O) groups is 2. The van der Waals surface area contributed by atoms with E-state index in [4.69, 9.17) is 9.47 Å². The van der Waals surface area contributed by atoms with Gasteiger partial charge in [-0.25, -0.2) is 0 Å². The molecule has 0 atom stereocenters. The van der Waals surface area contributed by atoms with Crippen molar-refractivity contribution in [2.75, 3.05) is 46.1 Å². The zero-order valence-corrected chi connectivity index (χ0v) is 14.9. The first-order valence-corrected chi connectivity index (χ1v) is 8.77. The maximum absolute atomic E-state index is 11.7. The summed E-state index contributed by atoms with van der Waals surface area (Å²) in [7, 11) is 0. The van der Waals surface area contributed by atoms with Crippen molar-refractivity contribution in [1.82, 2.24) is 9.80 Å². The molecule has 0 saturated carbocycles. The lowest BCUT2D eigenvalue weighted by Crippen LogP contribution is -2.29. The van der Waals surface area contributed by atoms with Crippen LogP contribution in [0.4, 0.5) is 0 Å². The molecule has 0 aromatic carbocycles. The fourth-order valence-corrected chi connectivity index (χ4v) is 2.34. The second-order valence-electron chi connectivity index (χ2n) is 6.50. The standard InChI is InChI=1S/C17H32N2O4/c1-4-12-22-16(20)5-8-18-10-11-19(14-18)9-6-17(21)23-13-7-15(2)3/h15H,4-14H2,1-3H3. The predicted molar refractivity (Wildman–Crippen MR) is 88.9 cm³/mol. The van der Waals surface area contributed by atoms with E-state index in [0.29, 0.717) is 32.0 Å². The van der Waals surface area contributed by atoms with Gasteiger partial charge in [-0.15, -0.1) is 0 Å². The van der Waals surface area contributed by atoms with Gasteiger partial charge in [-0.2, -0.15) is 0 Å². The number of hydrogen-bond acceptors (Lipinski definition) is 6. The van der Waals surface area contributed by atoms with E-state index in [-0.39, 0.29) is 11.9 Å². The molecule has 6 heteroatoms. The lowest BCUT2D eigenvalue weighted by molar-refractivity contribution is -0.144. The van der Waals surface area contributed by atoms with Crippen LogP contribution in [0.5, 0.6) is 0 Å². The van der Waals surface area contributed by atoms with Gasteiger partial charge in [-0.1, -0.05) is 20.8 Å². The molecule has 6 nitrogen and oxygen atoms in total. The van der Waals surface area contributed by atoms with Gasteiger partial charge in [0.25, 0.3) is 0 Å². The van der Waals surface area contributed by atoms with Crippen molar-refractivity contribution in [2.24, 2.45) is 5.92 Å². The number of nitrogens with zero attached hydrogens (tertiary/aromatic N) is 2.